The predicted molar refractivity (Wildman–Crippen MR) is 70.5 cm³/mol. The molecule has 0 amide bonds. The number of hydrogen-bond donors (Lipinski definition) is 1. The maximum absolute atomic E-state index is 11.4. The van der Waals surface area contributed by atoms with Crippen LogP contribution in [0.2, 0.25) is 0 Å². The van der Waals surface area contributed by atoms with Crippen molar-refractivity contribution in [1.82, 2.24) is 0 Å². The topological polar surface area (TPSA) is 64.2 Å². The maximum atomic E-state index is 11.4. The molecule has 0 atom stereocenters. The van der Waals surface area contributed by atoms with Crippen molar-refractivity contribution in [3.05, 3.63) is 59.4 Å². The van der Waals surface area contributed by atoms with E-state index in [2.05, 4.69) is 0 Å². The minimum atomic E-state index is -0.957. The Morgan fingerprint density at radius 1 is 1.17 bits per heavy atom. The van der Waals surface area contributed by atoms with Crippen LogP contribution in [0.3, 0.4) is 0 Å². The summed E-state index contributed by atoms with van der Waals surface area (Å²) >= 11 is 0. The molecule has 0 aliphatic carbocycles. The molecule has 0 aliphatic rings. The van der Waals surface area contributed by atoms with Gasteiger partial charge in [0, 0.05) is 27.8 Å². The molecular weight excluding hydrogens is 270 g/mol. The van der Waals surface area contributed by atoms with E-state index in [0.717, 1.165) is 9.63 Å². The molecule has 0 radical (unpaired) electrons. The molecule has 92 valence electrons. The van der Waals surface area contributed by atoms with Gasteiger partial charge in [0.2, 0.25) is 0 Å². The van der Waals surface area contributed by atoms with E-state index >= 15 is 0 Å². The van der Waals surface area contributed by atoms with E-state index in [1.807, 2.05) is 6.07 Å². The molecule has 0 spiro atoms. The molecular formula is C12H9NO3S2. The normalized spacial score (nSPS) is 10.2. The van der Waals surface area contributed by atoms with Crippen LogP contribution in [0.15, 0.2) is 58.6 Å². The van der Waals surface area contributed by atoms with Gasteiger partial charge in [-0.15, -0.1) is 0 Å². The second-order valence-electron chi connectivity index (χ2n) is 3.36. The summed E-state index contributed by atoms with van der Waals surface area (Å²) < 4.78 is 0.777. The first-order chi connectivity index (χ1) is 8.66. The highest BCUT2D eigenvalue weighted by Crippen LogP contribution is 2.35. The Hall–Kier alpha value is -1.66. The minimum absolute atomic E-state index is 0.240. The van der Waals surface area contributed by atoms with Crippen molar-refractivity contribution < 1.29 is 14.6 Å². The molecule has 1 aromatic heterocycles. The van der Waals surface area contributed by atoms with E-state index in [4.69, 9.17) is 5.11 Å². The number of aromatic nitrogens is 1. The maximum Gasteiger partial charge on any atom is 0.335 e. The van der Waals surface area contributed by atoms with Gasteiger partial charge in [0.25, 0.3) is 5.03 Å². The lowest BCUT2D eigenvalue weighted by molar-refractivity contribution is -0.645. The lowest BCUT2D eigenvalue weighted by Gasteiger charge is -2.03. The molecule has 0 aliphatic heterocycles. The largest absolute Gasteiger partial charge is 0.618 e. The molecule has 6 heteroatoms. The second kappa shape index (κ2) is 5.79. The summed E-state index contributed by atoms with van der Waals surface area (Å²) in [5.41, 5.74) is 0.240. The number of carbonyl (C=O) groups is 1. The van der Waals surface area contributed by atoms with Gasteiger partial charge < -0.3 is 10.3 Å². The average Bonchev–Trinajstić information content (AvgIpc) is 2.38. The van der Waals surface area contributed by atoms with Gasteiger partial charge in [0.15, 0.2) is 6.20 Å². The summed E-state index contributed by atoms with van der Waals surface area (Å²) in [5, 5.41) is 20.8. The van der Waals surface area contributed by atoms with Crippen LogP contribution in [0.1, 0.15) is 10.4 Å². The molecule has 0 saturated carbocycles. The van der Waals surface area contributed by atoms with Crippen LogP contribution in [0.5, 0.6) is 0 Å². The SMILES string of the molecule is O=C(O)c1cccc(SSc2cccc[n+]2[O-])c1. The van der Waals surface area contributed by atoms with E-state index in [-0.39, 0.29) is 5.56 Å². The lowest BCUT2D eigenvalue weighted by atomic mass is 10.2. The molecule has 1 heterocycles. The van der Waals surface area contributed by atoms with Crippen molar-refractivity contribution in [2.45, 2.75) is 9.92 Å². The highest BCUT2D eigenvalue weighted by atomic mass is 33.1. The Bertz CT molecular complexity index is 575. The summed E-state index contributed by atoms with van der Waals surface area (Å²) in [4.78, 5) is 11.6. The Balaban J connectivity index is 2.09. The second-order valence-corrected chi connectivity index (χ2v) is 5.59. The van der Waals surface area contributed by atoms with Crippen molar-refractivity contribution in [2.75, 3.05) is 0 Å². The summed E-state index contributed by atoms with van der Waals surface area (Å²) in [6, 6.07) is 11.8. The Morgan fingerprint density at radius 3 is 2.72 bits per heavy atom. The van der Waals surface area contributed by atoms with E-state index in [1.165, 1.54) is 33.9 Å². The van der Waals surface area contributed by atoms with Crippen molar-refractivity contribution in [3.63, 3.8) is 0 Å². The summed E-state index contributed by atoms with van der Waals surface area (Å²) in [5.74, 6) is -0.957. The molecule has 2 rings (SSSR count). The van der Waals surface area contributed by atoms with Gasteiger partial charge in [-0.05, 0) is 35.1 Å². The molecule has 1 aromatic carbocycles. The smallest absolute Gasteiger partial charge is 0.335 e. The van der Waals surface area contributed by atoms with Crippen molar-refractivity contribution in [1.29, 1.82) is 0 Å². The van der Waals surface area contributed by atoms with E-state index in [9.17, 15) is 10.0 Å². The van der Waals surface area contributed by atoms with Crippen LogP contribution in [0.4, 0.5) is 0 Å². The fourth-order valence-corrected chi connectivity index (χ4v) is 3.25. The number of carboxylic acids is 1. The Kier molecular flexibility index (Phi) is 4.11. The van der Waals surface area contributed by atoms with Crippen molar-refractivity contribution >= 4 is 27.6 Å². The van der Waals surface area contributed by atoms with Gasteiger partial charge >= 0.3 is 5.97 Å². The number of nitrogens with zero attached hydrogens (tertiary/aromatic N) is 1. The van der Waals surface area contributed by atoms with Crippen molar-refractivity contribution in [3.8, 4) is 0 Å². The van der Waals surface area contributed by atoms with Gasteiger partial charge in [-0.25, -0.2) is 4.79 Å². The van der Waals surface area contributed by atoms with Crippen LogP contribution in [-0.2, 0) is 0 Å². The number of aromatic carboxylic acids is 1. The first-order valence-electron chi connectivity index (χ1n) is 5.03. The van der Waals surface area contributed by atoms with Gasteiger partial charge in [0.05, 0.1) is 5.56 Å². The Morgan fingerprint density at radius 2 is 2.00 bits per heavy atom. The monoisotopic (exact) mass is 279 g/mol. The number of carboxylic acid groups (broad SMARTS) is 1. The molecule has 4 nitrogen and oxygen atoms in total. The van der Waals surface area contributed by atoms with Gasteiger partial charge in [-0.1, -0.05) is 6.07 Å². The highest BCUT2D eigenvalue weighted by molar-refractivity contribution is 8.76. The quantitative estimate of drug-likeness (QED) is 0.529. The molecule has 1 N–H and O–H groups in total. The zero-order valence-corrected chi connectivity index (χ0v) is 10.8. The van der Waals surface area contributed by atoms with E-state index in [0.29, 0.717) is 5.03 Å². The predicted octanol–water partition coefficient (Wildman–Crippen LogP) is 2.82. The molecule has 0 saturated heterocycles. The first-order valence-corrected chi connectivity index (χ1v) is 7.18. The fraction of sp³-hybridized carbons (Fsp3) is 0. The van der Waals surface area contributed by atoms with Gasteiger partial charge in [-0.3, -0.25) is 0 Å². The number of rotatable bonds is 4. The summed E-state index contributed by atoms with van der Waals surface area (Å²) in [6.45, 7) is 0. The molecule has 18 heavy (non-hydrogen) atoms. The molecule has 2 aromatic rings. The third kappa shape index (κ3) is 3.18. The number of benzene rings is 1. The lowest BCUT2D eigenvalue weighted by Crippen LogP contribution is -2.27. The highest BCUT2D eigenvalue weighted by Gasteiger charge is 2.08. The van der Waals surface area contributed by atoms with Crippen LogP contribution in [0, 0.1) is 5.21 Å². The van der Waals surface area contributed by atoms with E-state index < -0.39 is 5.97 Å². The fourth-order valence-electron chi connectivity index (χ4n) is 1.25. The van der Waals surface area contributed by atoms with E-state index in [1.54, 1.807) is 30.3 Å². The van der Waals surface area contributed by atoms with Gasteiger partial charge in [-0.2, -0.15) is 4.73 Å². The summed E-state index contributed by atoms with van der Waals surface area (Å²) in [6.07, 6.45) is 1.43. The molecule has 0 fully saturated rings. The number of pyridine rings is 1. The van der Waals surface area contributed by atoms with Crippen LogP contribution < -0.4 is 4.73 Å². The van der Waals surface area contributed by atoms with Gasteiger partial charge in [0.1, 0.15) is 0 Å². The van der Waals surface area contributed by atoms with Crippen molar-refractivity contribution in [2.24, 2.45) is 0 Å². The van der Waals surface area contributed by atoms with Crippen LogP contribution >= 0.6 is 21.6 Å². The van der Waals surface area contributed by atoms with Crippen LogP contribution in [0.25, 0.3) is 0 Å². The molecule has 0 bridgehead atoms. The standard InChI is InChI=1S/C12H9NO3S2/c14-12(15)9-4-3-5-10(8-9)17-18-11-6-1-2-7-13(11)16/h1-8H,(H,14,15). The third-order valence-electron chi connectivity index (χ3n) is 2.09. The molecule has 0 unspecified atom stereocenters. The minimum Gasteiger partial charge on any atom is -0.618 e. The third-order valence-corrected chi connectivity index (χ3v) is 4.45. The average molecular weight is 279 g/mol. The first kappa shape index (κ1) is 12.8. The van der Waals surface area contributed by atoms with Crippen LogP contribution in [-0.4, -0.2) is 11.1 Å². The zero-order valence-electron chi connectivity index (χ0n) is 9.15. The summed E-state index contributed by atoms with van der Waals surface area (Å²) in [7, 11) is 2.65. The zero-order chi connectivity index (χ0) is 13.0. The number of hydrogen-bond acceptors (Lipinski definition) is 4. The Labute approximate surface area is 112 Å².